The molecule has 12 heteroatoms. The highest BCUT2D eigenvalue weighted by atomic mass is 19.1. The number of carbonyl (C=O) groups is 1. The lowest BCUT2D eigenvalue weighted by molar-refractivity contribution is -0.122. The first-order valence-corrected chi connectivity index (χ1v) is 12.2. The van der Waals surface area contributed by atoms with Crippen molar-refractivity contribution in [3.63, 3.8) is 0 Å². The molecule has 2 aromatic heterocycles. The largest absolute Gasteiger partial charge is 0.393 e. The standard InChI is InChI=1S/C24H28F3N7O2/c25-13-8-17(26)20(18(27)9-13)32-24-31-19-11-29-23(30-14-2-1-3-16(35)10-14)33-22(19)34(24)15-6-4-12(5-7-15)21(28)36/h8-9,11-12,14-16,35H,1-7,10H2,(H2,28,36)(H,31,32)(H,29,30,33)/t12-,14-,15+,16+/m1/s1. The second kappa shape index (κ2) is 9.92. The van der Waals surface area contributed by atoms with Crippen molar-refractivity contribution in [1.82, 2.24) is 19.5 Å². The highest BCUT2D eigenvalue weighted by molar-refractivity contribution is 5.78. The number of aliphatic hydroxyl groups is 1. The van der Waals surface area contributed by atoms with Gasteiger partial charge in [0.15, 0.2) is 17.3 Å². The third-order valence-corrected chi connectivity index (χ3v) is 7.12. The Bertz CT molecular complexity index is 1250. The Hall–Kier alpha value is -3.41. The molecule has 9 nitrogen and oxygen atoms in total. The lowest BCUT2D eigenvalue weighted by Crippen LogP contribution is -2.30. The van der Waals surface area contributed by atoms with Crippen molar-refractivity contribution in [2.45, 2.75) is 69.6 Å². The Morgan fingerprint density at radius 1 is 1.06 bits per heavy atom. The first-order chi connectivity index (χ1) is 17.3. The van der Waals surface area contributed by atoms with E-state index in [9.17, 15) is 23.1 Å². The van der Waals surface area contributed by atoms with Crippen LogP contribution in [-0.2, 0) is 4.79 Å². The molecule has 2 aliphatic carbocycles. The molecule has 1 aromatic carbocycles. The number of nitrogens with two attached hydrogens (primary N) is 1. The molecule has 5 rings (SSSR count). The van der Waals surface area contributed by atoms with Crippen LogP contribution in [0.2, 0.25) is 0 Å². The van der Waals surface area contributed by atoms with Crippen molar-refractivity contribution in [3.05, 3.63) is 35.8 Å². The second-order valence-electron chi connectivity index (χ2n) is 9.65. The van der Waals surface area contributed by atoms with E-state index in [0.29, 0.717) is 61.3 Å². The smallest absolute Gasteiger partial charge is 0.224 e. The monoisotopic (exact) mass is 503 g/mol. The Kier molecular flexibility index (Phi) is 6.69. The maximum atomic E-state index is 14.4. The topological polar surface area (TPSA) is 131 Å². The molecular weight excluding hydrogens is 475 g/mol. The zero-order chi connectivity index (χ0) is 25.4. The third kappa shape index (κ3) is 4.95. The lowest BCUT2D eigenvalue weighted by Gasteiger charge is -2.29. The Morgan fingerprint density at radius 3 is 2.44 bits per heavy atom. The molecule has 2 atom stereocenters. The number of primary amides is 1. The van der Waals surface area contributed by atoms with Crippen LogP contribution in [0.25, 0.3) is 11.2 Å². The lowest BCUT2D eigenvalue weighted by atomic mass is 9.85. The van der Waals surface area contributed by atoms with Crippen LogP contribution < -0.4 is 16.4 Å². The summed E-state index contributed by atoms with van der Waals surface area (Å²) in [5.74, 6) is -3.29. The molecule has 1 amide bonds. The van der Waals surface area contributed by atoms with E-state index in [1.807, 2.05) is 0 Å². The van der Waals surface area contributed by atoms with E-state index in [4.69, 9.17) is 5.73 Å². The maximum Gasteiger partial charge on any atom is 0.224 e. The van der Waals surface area contributed by atoms with Crippen LogP contribution in [0.1, 0.15) is 57.4 Å². The minimum Gasteiger partial charge on any atom is -0.393 e. The van der Waals surface area contributed by atoms with Crippen LogP contribution in [0.15, 0.2) is 18.3 Å². The first kappa shape index (κ1) is 24.3. The molecule has 3 aromatic rings. The molecule has 0 unspecified atom stereocenters. The van der Waals surface area contributed by atoms with Crippen molar-refractivity contribution in [1.29, 1.82) is 0 Å². The summed E-state index contributed by atoms with van der Waals surface area (Å²) < 4.78 is 44.1. The summed E-state index contributed by atoms with van der Waals surface area (Å²) in [6, 6.07) is 1.04. The van der Waals surface area contributed by atoms with E-state index in [2.05, 4.69) is 25.6 Å². The molecular formula is C24H28F3N7O2. The fourth-order valence-electron chi connectivity index (χ4n) is 5.26. The van der Waals surface area contributed by atoms with Crippen LogP contribution in [-0.4, -0.2) is 42.7 Å². The predicted octanol–water partition coefficient (Wildman–Crippen LogP) is 3.92. The van der Waals surface area contributed by atoms with Gasteiger partial charge in [0.25, 0.3) is 0 Å². The molecule has 0 bridgehead atoms. The molecule has 2 fully saturated rings. The highest BCUT2D eigenvalue weighted by Gasteiger charge is 2.30. The van der Waals surface area contributed by atoms with E-state index in [-0.39, 0.29) is 36.0 Å². The SMILES string of the molecule is NC(=O)[C@H]1CC[C@@H](n2c(Nc3c(F)cc(F)cc3F)nc3cnc(N[C@@H]4CCC[C@H](O)C4)nc32)CC1. The van der Waals surface area contributed by atoms with Crippen LogP contribution in [0.3, 0.4) is 0 Å². The number of amides is 1. The van der Waals surface area contributed by atoms with Gasteiger partial charge in [-0.3, -0.25) is 9.36 Å². The van der Waals surface area contributed by atoms with Gasteiger partial charge < -0.3 is 21.5 Å². The van der Waals surface area contributed by atoms with Gasteiger partial charge in [0, 0.05) is 30.1 Å². The second-order valence-corrected chi connectivity index (χ2v) is 9.65. The van der Waals surface area contributed by atoms with E-state index in [0.717, 1.165) is 19.3 Å². The van der Waals surface area contributed by atoms with Crippen molar-refractivity contribution >= 4 is 34.7 Å². The van der Waals surface area contributed by atoms with Gasteiger partial charge in [-0.25, -0.2) is 23.1 Å². The van der Waals surface area contributed by atoms with Gasteiger partial charge in [0.05, 0.1) is 12.3 Å². The minimum atomic E-state index is -1.09. The zero-order valence-corrected chi connectivity index (χ0v) is 19.6. The van der Waals surface area contributed by atoms with Crippen molar-refractivity contribution in [2.24, 2.45) is 11.7 Å². The van der Waals surface area contributed by atoms with Crippen LogP contribution in [0, 0.1) is 23.4 Å². The zero-order valence-electron chi connectivity index (χ0n) is 19.6. The third-order valence-electron chi connectivity index (χ3n) is 7.12. The van der Waals surface area contributed by atoms with Gasteiger partial charge in [0.2, 0.25) is 17.8 Å². The molecule has 36 heavy (non-hydrogen) atoms. The average molecular weight is 504 g/mol. The van der Waals surface area contributed by atoms with Gasteiger partial charge >= 0.3 is 0 Å². The number of halogens is 3. The molecule has 2 saturated carbocycles. The molecule has 0 saturated heterocycles. The van der Waals surface area contributed by atoms with Crippen LogP contribution in [0.5, 0.6) is 0 Å². The van der Waals surface area contributed by atoms with Gasteiger partial charge in [-0.1, -0.05) is 0 Å². The minimum absolute atomic E-state index is 0.0218. The van der Waals surface area contributed by atoms with Crippen molar-refractivity contribution < 1.29 is 23.1 Å². The molecule has 0 radical (unpaired) electrons. The number of fused-ring (bicyclic) bond motifs is 1. The first-order valence-electron chi connectivity index (χ1n) is 12.2. The summed E-state index contributed by atoms with van der Waals surface area (Å²) in [6.07, 6.45) is 6.59. The fourth-order valence-corrected chi connectivity index (χ4v) is 5.26. The number of aliphatic hydroxyl groups excluding tert-OH is 1. The normalized spacial score (nSPS) is 24.6. The maximum absolute atomic E-state index is 14.4. The predicted molar refractivity (Wildman–Crippen MR) is 127 cm³/mol. The molecule has 5 N–H and O–H groups in total. The number of hydrogen-bond donors (Lipinski definition) is 4. The highest BCUT2D eigenvalue weighted by Crippen LogP contribution is 2.37. The number of imidazole rings is 1. The van der Waals surface area contributed by atoms with E-state index in [1.165, 1.54) is 6.20 Å². The number of nitrogens with one attached hydrogen (secondary N) is 2. The number of anilines is 3. The summed E-state index contributed by atoms with van der Waals surface area (Å²) in [5.41, 5.74) is 5.82. The van der Waals surface area contributed by atoms with Crippen molar-refractivity contribution in [3.8, 4) is 0 Å². The van der Waals surface area contributed by atoms with Crippen molar-refractivity contribution in [2.75, 3.05) is 10.6 Å². The number of aromatic nitrogens is 4. The van der Waals surface area contributed by atoms with Crippen LogP contribution >= 0.6 is 0 Å². The number of hydrogen-bond acceptors (Lipinski definition) is 7. The van der Waals surface area contributed by atoms with Gasteiger partial charge in [-0.15, -0.1) is 0 Å². The molecule has 0 aliphatic heterocycles. The Labute approximate surface area is 205 Å². The molecule has 192 valence electrons. The van der Waals surface area contributed by atoms with E-state index in [1.54, 1.807) is 4.57 Å². The summed E-state index contributed by atoms with van der Waals surface area (Å²) in [4.78, 5) is 25.2. The van der Waals surface area contributed by atoms with Crippen LogP contribution in [0.4, 0.5) is 30.8 Å². The molecule has 2 aliphatic rings. The Balaban J connectivity index is 1.51. The van der Waals surface area contributed by atoms with E-state index >= 15 is 0 Å². The van der Waals surface area contributed by atoms with Gasteiger partial charge in [-0.05, 0) is 51.4 Å². The van der Waals surface area contributed by atoms with Gasteiger partial charge in [-0.2, -0.15) is 4.98 Å². The number of benzene rings is 1. The summed E-state index contributed by atoms with van der Waals surface area (Å²) in [7, 11) is 0. The Morgan fingerprint density at radius 2 is 1.78 bits per heavy atom. The summed E-state index contributed by atoms with van der Waals surface area (Å²) in [5, 5.41) is 15.9. The number of carbonyl (C=O) groups excluding carboxylic acids is 1. The number of rotatable bonds is 6. The fraction of sp³-hybridized carbons (Fsp3) is 0.500. The molecule has 2 heterocycles. The van der Waals surface area contributed by atoms with Gasteiger partial charge in [0.1, 0.15) is 17.0 Å². The average Bonchev–Trinajstić information content (AvgIpc) is 3.18. The quantitative estimate of drug-likeness (QED) is 0.401. The molecule has 0 spiro atoms. The summed E-state index contributed by atoms with van der Waals surface area (Å²) in [6.45, 7) is 0. The number of nitrogens with zero attached hydrogens (tertiary/aromatic N) is 4. The summed E-state index contributed by atoms with van der Waals surface area (Å²) >= 11 is 0. The van der Waals surface area contributed by atoms with E-state index < -0.39 is 23.1 Å².